The van der Waals surface area contributed by atoms with Gasteiger partial charge in [0.25, 0.3) is 0 Å². The number of rotatable bonds is 8. The van der Waals surface area contributed by atoms with Crippen LogP contribution in [0.4, 0.5) is 0 Å². The molecule has 27 heavy (non-hydrogen) atoms. The average molecular weight is 366 g/mol. The molecule has 1 N–H and O–H groups in total. The van der Waals surface area contributed by atoms with E-state index in [1.807, 2.05) is 61.5 Å². The molecule has 0 atom stereocenters. The highest BCUT2D eigenvalue weighted by Gasteiger charge is 2.12. The van der Waals surface area contributed by atoms with Crippen LogP contribution in [0.5, 0.6) is 5.75 Å². The normalized spacial score (nSPS) is 10.6. The van der Waals surface area contributed by atoms with E-state index in [0.29, 0.717) is 23.9 Å². The summed E-state index contributed by atoms with van der Waals surface area (Å²) < 4.78 is 16.3. The quantitative estimate of drug-likeness (QED) is 0.661. The molecule has 0 fully saturated rings. The van der Waals surface area contributed by atoms with Crippen molar-refractivity contribution >= 4 is 5.91 Å². The van der Waals surface area contributed by atoms with Gasteiger partial charge in [-0.05, 0) is 36.8 Å². The number of nitrogens with one attached hydrogen (secondary N) is 1. The average Bonchev–Trinajstić information content (AvgIpc) is 3.08. The standard InChI is InChI=1S/C21H22N2O4/c1-15-19(23-21(27-15)17-8-10-18(25-2)11-9-17)13-26-14-20(24)22-12-16-6-4-3-5-7-16/h3-11H,12-14H2,1-2H3,(H,22,24). The molecule has 1 heterocycles. The van der Waals surface area contributed by atoms with Crippen LogP contribution >= 0.6 is 0 Å². The van der Waals surface area contributed by atoms with Crippen LogP contribution in [0.3, 0.4) is 0 Å². The summed E-state index contributed by atoms with van der Waals surface area (Å²) in [7, 11) is 1.62. The maximum atomic E-state index is 11.9. The van der Waals surface area contributed by atoms with E-state index >= 15 is 0 Å². The lowest BCUT2D eigenvalue weighted by Crippen LogP contribution is -2.27. The predicted octanol–water partition coefficient (Wildman–Crippen LogP) is 3.49. The maximum absolute atomic E-state index is 11.9. The summed E-state index contributed by atoms with van der Waals surface area (Å²) in [6.45, 7) is 2.49. The Hall–Kier alpha value is -3.12. The largest absolute Gasteiger partial charge is 0.497 e. The number of carbonyl (C=O) groups excluding carboxylic acids is 1. The first kappa shape index (κ1) is 18.7. The van der Waals surface area contributed by atoms with Crippen molar-refractivity contribution in [2.45, 2.75) is 20.1 Å². The van der Waals surface area contributed by atoms with E-state index in [9.17, 15) is 4.79 Å². The molecule has 6 nitrogen and oxygen atoms in total. The van der Waals surface area contributed by atoms with Crippen LogP contribution in [0.15, 0.2) is 59.0 Å². The molecular weight excluding hydrogens is 344 g/mol. The molecule has 6 heteroatoms. The lowest BCUT2D eigenvalue weighted by Gasteiger charge is -2.05. The fraction of sp³-hybridized carbons (Fsp3) is 0.238. The summed E-state index contributed by atoms with van der Waals surface area (Å²) in [6.07, 6.45) is 0. The molecule has 0 spiro atoms. The van der Waals surface area contributed by atoms with Gasteiger partial charge in [0, 0.05) is 12.1 Å². The van der Waals surface area contributed by atoms with Crippen molar-refractivity contribution in [1.82, 2.24) is 10.3 Å². The summed E-state index contributed by atoms with van der Waals surface area (Å²) in [4.78, 5) is 16.3. The number of methoxy groups -OCH3 is 1. The number of nitrogens with zero attached hydrogens (tertiary/aromatic N) is 1. The number of aromatic nitrogens is 1. The van der Waals surface area contributed by atoms with Gasteiger partial charge in [-0.1, -0.05) is 30.3 Å². The van der Waals surface area contributed by atoms with Gasteiger partial charge in [-0.3, -0.25) is 4.79 Å². The van der Waals surface area contributed by atoms with Gasteiger partial charge in [-0.2, -0.15) is 0 Å². The van der Waals surface area contributed by atoms with Crippen molar-refractivity contribution in [1.29, 1.82) is 0 Å². The second-order valence-electron chi connectivity index (χ2n) is 6.01. The third kappa shape index (κ3) is 5.18. The number of benzene rings is 2. The van der Waals surface area contributed by atoms with Crippen LogP contribution in [0, 0.1) is 6.92 Å². The molecular formula is C21H22N2O4. The number of amides is 1. The Bertz CT molecular complexity index is 873. The fourth-order valence-corrected chi connectivity index (χ4v) is 2.51. The monoisotopic (exact) mass is 366 g/mol. The topological polar surface area (TPSA) is 73.6 Å². The van der Waals surface area contributed by atoms with Gasteiger partial charge in [-0.15, -0.1) is 0 Å². The van der Waals surface area contributed by atoms with E-state index in [4.69, 9.17) is 13.9 Å². The lowest BCUT2D eigenvalue weighted by atomic mass is 10.2. The van der Waals surface area contributed by atoms with Crippen LogP contribution in [0.2, 0.25) is 0 Å². The van der Waals surface area contributed by atoms with Crippen LogP contribution in [-0.4, -0.2) is 24.6 Å². The molecule has 1 aromatic heterocycles. The molecule has 0 bridgehead atoms. The Labute approximate surface area is 158 Å². The Kier molecular flexibility index (Phi) is 6.22. The van der Waals surface area contributed by atoms with Crippen LogP contribution in [0.25, 0.3) is 11.5 Å². The highest BCUT2D eigenvalue weighted by Crippen LogP contribution is 2.24. The van der Waals surface area contributed by atoms with Gasteiger partial charge < -0.3 is 19.2 Å². The van der Waals surface area contributed by atoms with Crippen LogP contribution in [-0.2, 0) is 22.7 Å². The Balaban J connectivity index is 1.49. The smallest absolute Gasteiger partial charge is 0.246 e. The van der Waals surface area contributed by atoms with E-state index < -0.39 is 0 Å². The molecule has 2 aromatic carbocycles. The van der Waals surface area contributed by atoms with Gasteiger partial charge in [0.2, 0.25) is 11.8 Å². The highest BCUT2D eigenvalue weighted by atomic mass is 16.5. The molecule has 0 aliphatic carbocycles. The van der Waals surface area contributed by atoms with Crippen molar-refractivity contribution in [2.24, 2.45) is 0 Å². The number of aryl methyl sites for hydroxylation is 1. The summed E-state index contributed by atoms with van der Waals surface area (Å²) in [5.74, 6) is 1.79. The van der Waals surface area contributed by atoms with Crippen molar-refractivity contribution in [3.05, 3.63) is 71.6 Å². The van der Waals surface area contributed by atoms with E-state index in [-0.39, 0.29) is 19.1 Å². The van der Waals surface area contributed by atoms with Crippen molar-refractivity contribution < 1.29 is 18.7 Å². The fourth-order valence-electron chi connectivity index (χ4n) is 2.51. The van der Waals surface area contributed by atoms with Crippen molar-refractivity contribution in [3.63, 3.8) is 0 Å². The first-order valence-corrected chi connectivity index (χ1v) is 8.65. The van der Waals surface area contributed by atoms with Crippen molar-refractivity contribution in [3.8, 4) is 17.2 Å². The molecule has 0 saturated heterocycles. The van der Waals surface area contributed by atoms with Gasteiger partial charge in [0.15, 0.2) is 0 Å². The minimum atomic E-state index is -0.171. The molecule has 3 aromatic rings. The summed E-state index contributed by atoms with van der Waals surface area (Å²) in [5.41, 5.74) is 2.57. The van der Waals surface area contributed by atoms with Gasteiger partial charge in [0.1, 0.15) is 23.8 Å². The zero-order chi connectivity index (χ0) is 19.1. The molecule has 0 unspecified atom stereocenters. The molecule has 0 saturated carbocycles. The Morgan fingerprint density at radius 1 is 1.11 bits per heavy atom. The SMILES string of the molecule is COc1ccc(-c2nc(COCC(=O)NCc3ccccc3)c(C)o2)cc1. The van der Waals surface area contributed by atoms with E-state index in [1.54, 1.807) is 7.11 Å². The third-order valence-electron chi connectivity index (χ3n) is 4.03. The number of hydrogen-bond acceptors (Lipinski definition) is 5. The van der Waals surface area contributed by atoms with E-state index in [1.165, 1.54) is 0 Å². The molecule has 1 amide bonds. The Morgan fingerprint density at radius 2 is 1.85 bits per heavy atom. The minimum Gasteiger partial charge on any atom is -0.497 e. The van der Waals surface area contributed by atoms with Gasteiger partial charge in [-0.25, -0.2) is 4.98 Å². The Morgan fingerprint density at radius 3 is 2.56 bits per heavy atom. The van der Waals surface area contributed by atoms with E-state index in [2.05, 4.69) is 10.3 Å². The first-order chi connectivity index (χ1) is 13.2. The molecule has 0 aliphatic rings. The number of oxazole rings is 1. The maximum Gasteiger partial charge on any atom is 0.246 e. The molecule has 3 rings (SSSR count). The second-order valence-corrected chi connectivity index (χ2v) is 6.01. The molecule has 0 aliphatic heterocycles. The lowest BCUT2D eigenvalue weighted by molar-refractivity contribution is -0.126. The summed E-state index contributed by atoms with van der Waals surface area (Å²) in [5, 5.41) is 2.82. The van der Waals surface area contributed by atoms with Crippen LogP contribution in [0.1, 0.15) is 17.0 Å². The number of hydrogen-bond donors (Lipinski definition) is 1. The number of carbonyl (C=O) groups is 1. The summed E-state index contributed by atoms with van der Waals surface area (Å²) >= 11 is 0. The summed E-state index contributed by atoms with van der Waals surface area (Å²) in [6, 6.07) is 17.2. The van der Waals surface area contributed by atoms with Crippen molar-refractivity contribution in [2.75, 3.05) is 13.7 Å². The van der Waals surface area contributed by atoms with Gasteiger partial charge >= 0.3 is 0 Å². The molecule has 0 radical (unpaired) electrons. The predicted molar refractivity (Wildman–Crippen MR) is 101 cm³/mol. The van der Waals surface area contributed by atoms with Crippen LogP contribution < -0.4 is 10.1 Å². The van der Waals surface area contributed by atoms with E-state index in [0.717, 1.165) is 16.9 Å². The third-order valence-corrected chi connectivity index (χ3v) is 4.03. The number of ether oxygens (including phenoxy) is 2. The first-order valence-electron chi connectivity index (χ1n) is 8.65. The second kappa shape index (κ2) is 9.00. The minimum absolute atomic E-state index is 0.0308. The highest BCUT2D eigenvalue weighted by molar-refractivity contribution is 5.77. The molecule has 140 valence electrons. The van der Waals surface area contributed by atoms with Gasteiger partial charge in [0.05, 0.1) is 13.7 Å². The zero-order valence-electron chi connectivity index (χ0n) is 15.4. The zero-order valence-corrected chi connectivity index (χ0v) is 15.4.